The molecule has 0 aliphatic heterocycles. The molecule has 0 amide bonds. The molecule has 1 aromatic rings. The Morgan fingerprint density at radius 1 is 1.43 bits per heavy atom. The van der Waals surface area contributed by atoms with Gasteiger partial charge in [-0.25, -0.2) is 0 Å². The second-order valence-corrected chi connectivity index (χ2v) is 3.59. The van der Waals surface area contributed by atoms with Crippen molar-refractivity contribution in [3.05, 3.63) is 22.2 Å². The van der Waals surface area contributed by atoms with E-state index in [1.165, 1.54) is 0 Å². The predicted molar refractivity (Wildman–Crippen MR) is 61.6 cm³/mol. The highest BCUT2D eigenvalue weighted by Crippen LogP contribution is 2.36. The lowest BCUT2D eigenvalue weighted by atomic mass is 10.1. The van der Waals surface area contributed by atoms with Crippen LogP contribution in [0.2, 0.25) is 5.02 Å². The van der Waals surface area contributed by atoms with Gasteiger partial charge in [-0.15, -0.1) is 0 Å². The highest BCUT2D eigenvalue weighted by atomic mass is 35.5. The van der Waals surface area contributed by atoms with Crippen molar-refractivity contribution in [3.63, 3.8) is 0 Å². The van der Waals surface area contributed by atoms with E-state index in [9.17, 15) is 0 Å². The zero-order chi connectivity index (χ0) is 10.7. The standard InChI is InChI=1S/C11H16ClNO/c1-5-14-11-7(2)6-9(12)8(3)10(11)13-4/h6,13H,5H2,1-4H3. The van der Waals surface area contributed by atoms with Crippen LogP contribution in [0.3, 0.4) is 0 Å². The summed E-state index contributed by atoms with van der Waals surface area (Å²) in [6, 6.07) is 1.93. The second kappa shape index (κ2) is 4.56. The molecule has 0 aliphatic carbocycles. The fourth-order valence-corrected chi connectivity index (χ4v) is 1.74. The molecule has 0 aromatic heterocycles. The summed E-state index contributed by atoms with van der Waals surface area (Å²) in [5.41, 5.74) is 3.08. The minimum absolute atomic E-state index is 0.663. The van der Waals surface area contributed by atoms with Crippen molar-refractivity contribution in [2.24, 2.45) is 0 Å². The molecule has 0 spiro atoms. The molecule has 0 saturated carbocycles. The number of rotatable bonds is 3. The third kappa shape index (κ3) is 1.95. The minimum Gasteiger partial charge on any atom is -0.491 e. The lowest BCUT2D eigenvalue weighted by molar-refractivity contribution is 0.339. The molecular weight excluding hydrogens is 198 g/mol. The Balaban J connectivity index is 3.31. The molecular formula is C11H16ClNO. The van der Waals surface area contributed by atoms with Gasteiger partial charge < -0.3 is 10.1 Å². The molecule has 2 nitrogen and oxygen atoms in total. The van der Waals surface area contributed by atoms with Crippen LogP contribution in [0, 0.1) is 13.8 Å². The fraction of sp³-hybridized carbons (Fsp3) is 0.455. The van der Waals surface area contributed by atoms with Crippen LogP contribution >= 0.6 is 11.6 Å². The summed E-state index contributed by atoms with van der Waals surface area (Å²) >= 11 is 6.07. The number of halogens is 1. The summed E-state index contributed by atoms with van der Waals surface area (Å²) in [6.45, 7) is 6.62. The van der Waals surface area contributed by atoms with Gasteiger partial charge in [0.25, 0.3) is 0 Å². The molecule has 0 saturated heterocycles. The predicted octanol–water partition coefficient (Wildman–Crippen LogP) is 3.40. The molecule has 0 atom stereocenters. The van der Waals surface area contributed by atoms with Gasteiger partial charge in [0.05, 0.1) is 12.3 Å². The summed E-state index contributed by atoms with van der Waals surface area (Å²) in [7, 11) is 1.88. The van der Waals surface area contributed by atoms with Gasteiger partial charge in [-0.3, -0.25) is 0 Å². The number of benzene rings is 1. The fourth-order valence-electron chi connectivity index (χ4n) is 1.48. The first kappa shape index (κ1) is 11.2. The number of nitrogens with one attached hydrogen (secondary N) is 1. The second-order valence-electron chi connectivity index (χ2n) is 3.19. The number of hydrogen-bond acceptors (Lipinski definition) is 2. The first-order chi connectivity index (χ1) is 6.61. The van der Waals surface area contributed by atoms with Gasteiger partial charge >= 0.3 is 0 Å². The summed E-state index contributed by atoms with van der Waals surface area (Å²) in [5.74, 6) is 0.900. The van der Waals surface area contributed by atoms with Crippen molar-refractivity contribution in [3.8, 4) is 5.75 Å². The highest BCUT2D eigenvalue weighted by molar-refractivity contribution is 6.32. The molecule has 1 aromatic carbocycles. The molecule has 0 heterocycles. The molecule has 1 rings (SSSR count). The van der Waals surface area contributed by atoms with Crippen LogP contribution in [0.15, 0.2) is 6.07 Å². The van der Waals surface area contributed by atoms with E-state index in [2.05, 4.69) is 5.32 Å². The van der Waals surface area contributed by atoms with Gasteiger partial charge in [-0.2, -0.15) is 0 Å². The van der Waals surface area contributed by atoms with Crippen molar-refractivity contribution >= 4 is 17.3 Å². The van der Waals surface area contributed by atoms with Crippen molar-refractivity contribution in [1.29, 1.82) is 0 Å². The number of aryl methyl sites for hydroxylation is 1. The van der Waals surface area contributed by atoms with Crippen molar-refractivity contribution in [1.82, 2.24) is 0 Å². The highest BCUT2D eigenvalue weighted by Gasteiger charge is 2.11. The lowest BCUT2D eigenvalue weighted by Crippen LogP contribution is -2.02. The van der Waals surface area contributed by atoms with Crippen LogP contribution in [0.4, 0.5) is 5.69 Å². The summed E-state index contributed by atoms with van der Waals surface area (Å²) in [4.78, 5) is 0. The maximum atomic E-state index is 6.07. The maximum absolute atomic E-state index is 6.07. The van der Waals surface area contributed by atoms with Crippen LogP contribution in [-0.2, 0) is 0 Å². The van der Waals surface area contributed by atoms with Crippen LogP contribution < -0.4 is 10.1 Å². The quantitative estimate of drug-likeness (QED) is 0.831. The summed E-state index contributed by atoms with van der Waals surface area (Å²) in [6.07, 6.45) is 0. The van der Waals surface area contributed by atoms with E-state index in [1.54, 1.807) is 0 Å². The van der Waals surface area contributed by atoms with E-state index < -0.39 is 0 Å². The van der Waals surface area contributed by atoms with E-state index >= 15 is 0 Å². The first-order valence-corrected chi connectivity index (χ1v) is 5.09. The van der Waals surface area contributed by atoms with Crippen LogP contribution in [0.1, 0.15) is 18.1 Å². The topological polar surface area (TPSA) is 21.3 Å². The van der Waals surface area contributed by atoms with E-state index in [0.29, 0.717) is 6.61 Å². The summed E-state index contributed by atoms with van der Waals surface area (Å²) in [5, 5.41) is 3.89. The Kier molecular flexibility index (Phi) is 3.64. The molecule has 0 aliphatic rings. The van der Waals surface area contributed by atoms with E-state index in [1.807, 2.05) is 33.9 Å². The normalized spacial score (nSPS) is 10.1. The SMILES string of the molecule is CCOc1c(C)cc(Cl)c(C)c1NC. The number of ether oxygens (including phenoxy) is 1. The molecule has 78 valence electrons. The van der Waals surface area contributed by atoms with Gasteiger partial charge in [0.15, 0.2) is 0 Å². The molecule has 0 bridgehead atoms. The van der Waals surface area contributed by atoms with Gasteiger partial charge in [-0.05, 0) is 38.0 Å². The molecule has 0 fully saturated rings. The smallest absolute Gasteiger partial charge is 0.145 e. The van der Waals surface area contributed by atoms with Crippen LogP contribution in [-0.4, -0.2) is 13.7 Å². The Labute approximate surface area is 90.2 Å². The van der Waals surface area contributed by atoms with E-state index in [0.717, 1.165) is 27.6 Å². The van der Waals surface area contributed by atoms with Gasteiger partial charge in [-0.1, -0.05) is 11.6 Å². The molecule has 14 heavy (non-hydrogen) atoms. The Morgan fingerprint density at radius 3 is 2.57 bits per heavy atom. The molecule has 3 heteroatoms. The van der Waals surface area contributed by atoms with E-state index in [-0.39, 0.29) is 0 Å². The molecule has 0 unspecified atom stereocenters. The van der Waals surface area contributed by atoms with Gasteiger partial charge in [0.1, 0.15) is 5.75 Å². The largest absolute Gasteiger partial charge is 0.491 e. The molecule has 0 radical (unpaired) electrons. The molecule has 1 N–H and O–H groups in total. The number of hydrogen-bond donors (Lipinski definition) is 1. The third-order valence-corrected chi connectivity index (χ3v) is 2.59. The minimum atomic E-state index is 0.663. The summed E-state index contributed by atoms with van der Waals surface area (Å²) < 4.78 is 5.57. The maximum Gasteiger partial charge on any atom is 0.145 e. The van der Waals surface area contributed by atoms with Crippen LogP contribution in [0.25, 0.3) is 0 Å². The van der Waals surface area contributed by atoms with Gasteiger partial charge in [0, 0.05) is 12.1 Å². The Hall–Kier alpha value is -0.890. The lowest BCUT2D eigenvalue weighted by Gasteiger charge is -2.16. The Bertz CT molecular complexity index is 337. The third-order valence-electron chi connectivity index (χ3n) is 2.20. The zero-order valence-corrected chi connectivity index (χ0v) is 9.83. The van der Waals surface area contributed by atoms with Gasteiger partial charge in [0.2, 0.25) is 0 Å². The average Bonchev–Trinajstić information content (AvgIpc) is 2.15. The van der Waals surface area contributed by atoms with E-state index in [4.69, 9.17) is 16.3 Å². The van der Waals surface area contributed by atoms with Crippen molar-refractivity contribution < 1.29 is 4.74 Å². The zero-order valence-electron chi connectivity index (χ0n) is 9.07. The first-order valence-electron chi connectivity index (χ1n) is 4.72. The van der Waals surface area contributed by atoms with Crippen molar-refractivity contribution in [2.75, 3.05) is 19.0 Å². The monoisotopic (exact) mass is 213 g/mol. The Morgan fingerprint density at radius 2 is 2.07 bits per heavy atom. The van der Waals surface area contributed by atoms with Crippen LogP contribution in [0.5, 0.6) is 5.75 Å². The number of anilines is 1. The van der Waals surface area contributed by atoms with Crippen molar-refractivity contribution in [2.45, 2.75) is 20.8 Å². The average molecular weight is 214 g/mol.